The third-order valence-corrected chi connectivity index (χ3v) is 4.82. The largest absolute Gasteiger partial charge is 0.458 e. The van der Waals surface area contributed by atoms with E-state index in [0.717, 1.165) is 0 Å². The molecule has 2 bridgehead atoms. The lowest BCUT2D eigenvalue weighted by Gasteiger charge is -2.26. The van der Waals surface area contributed by atoms with Gasteiger partial charge in [0.25, 0.3) is 0 Å². The van der Waals surface area contributed by atoms with Crippen molar-refractivity contribution in [3.05, 3.63) is 23.8 Å². The Hall–Kier alpha value is -2.15. The zero-order valence-corrected chi connectivity index (χ0v) is 13.4. The van der Waals surface area contributed by atoms with Crippen molar-refractivity contribution in [2.45, 2.75) is 44.5 Å². The van der Waals surface area contributed by atoms with Gasteiger partial charge in [-0.1, -0.05) is 6.58 Å². The number of hydrogen-bond donors (Lipinski definition) is 1. The fourth-order valence-corrected chi connectivity index (χ4v) is 3.62. The van der Waals surface area contributed by atoms with Crippen LogP contribution in [-0.2, 0) is 28.6 Å². The molecule has 24 heavy (non-hydrogen) atoms. The molecule has 1 fully saturated rings. The number of hydrogen-bond acceptors (Lipinski definition) is 7. The van der Waals surface area contributed by atoms with Gasteiger partial charge in [-0.05, 0) is 31.3 Å². The van der Waals surface area contributed by atoms with Gasteiger partial charge in [0.15, 0.2) is 0 Å². The molecular formula is C17H20O7. The average molecular weight is 336 g/mol. The van der Waals surface area contributed by atoms with E-state index in [-0.39, 0.29) is 23.7 Å². The average Bonchev–Trinajstić information content (AvgIpc) is 3.01. The standard InChI is InChI=1S/C17H20O7/c1-8-15-13(23-16(8)20)5-10(7-18)3-4-12(22-9(2)19)11-6-14(15)24-17(11)21/h6,10,12-15,18H,1,3-5,7H2,2H3/t10-,12+,13+,14+,15-/m0/s1. The Bertz CT molecular complexity index is 620. The Balaban J connectivity index is 1.96. The minimum Gasteiger partial charge on any atom is -0.458 e. The third kappa shape index (κ3) is 2.96. The number of aliphatic hydroxyl groups excluding tert-OH is 1. The van der Waals surface area contributed by atoms with Crippen molar-refractivity contribution in [3.63, 3.8) is 0 Å². The monoisotopic (exact) mass is 336 g/mol. The molecule has 7 nitrogen and oxygen atoms in total. The summed E-state index contributed by atoms with van der Waals surface area (Å²) in [7, 11) is 0. The molecule has 0 aromatic rings. The second-order valence-electron chi connectivity index (χ2n) is 6.45. The van der Waals surface area contributed by atoms with Crippen LogP contribution >= 0.6 is 0 Å². The first-order chi connectivity index (χ1) is 11.4. The molecule has 2 aliphatic heterocycles. The number of carbonyl (C=O) groups is 3. The normalized spacial score (nSPS) is 35.7. The maximum atomic E-state index is 12.2. The molecule has 0 saturated carbocycles. The van der Waals surface area contributed by atoms with E-state index < -0.39 is 42.1 Å². The van der Waals surface area contributed by atoms with Crippen LogP contribution in [0.4, 0.5) is 0 Å². The number of fused-ring (bicyclic) bond motifs is 3. The zero-order chi connectivity index (χ0) is 17.4. The Morgan fingerprint density at radius 2 is 2.08 bits per heavy atom. The fourth-order valence-electron chi connectivity index (χ4n) is 3.62. The first-order valence-corrected chi connectivity index (χ1v) is 8.01. The molecule has 1 saturated heterocycles. The molecule has 0 amide bonds. The number of rotatable bonds is 2. The zero-order valence-electron chi connectivity index (χ0n) is 13.4. The molecule has 0 unspecified atom stereocenters. The van der Waals surface area contributed by atoms with Gasteiger partial charge in [0.05, 0.1) is 11.5 Å². The highest BCUT2D eigenvalue weighted by molar-refractivity contribution is 5.94. The Labute approximate surface area is 139 Å². The van der Waals surface area contributed by atoms with Crippen LogP contribution in [0.1, 0.15) is 26.2 Å². The van der Waals surface area contributed by atoms with Crippen LogP contribution in [0.25, 0.3) is 0 Å². The molecule has 2 heterocycles. The summed E-state index contributed by atoms with van der Waals surface area (Å²) in [6.45, 7) is 4.96. The second kappa shape index (κ2) is 6.39. The van der Waals surface area contributed by atoms with E-state index in [2.05, 4.69) is 6.58 Å². The predicted molar refractivity (Wildman–Crippen MR) is 80.5 cm³/mol. The quantitative estimate of drug-likeness (QED) is 0.449. The molecule has 0 aromatic carbocycles. The lowest BCUT2D eigenvalue weighted by atomic mass is 9.83. The summed E-state index contributed by atoms with van der Waals surface area (Å²) in [5.41, 5.74) is 0.538. The number of ether oxygens (including phenoxy) is 3. The van der Waals surface area contributed by atoms with Crippen LogP contribution in [-0.4, -0.2) is 47.9 Å². The smallest absolute Gasteiger partial charge is 0.338 e. The van der Waals surface area contributed by atoms with Gasteiger partial charge in [-0.2, -0.15) is 0 Å². The molecule has 3 rings (SSSR count). The van der Waals surface area contributed by atoms with Crippen LogP contribution in [0.5, 0.6) is 0 Å². The van der Waals surface area contributed by atoms with Crippen molar-refractivity contribution >= 4 is 17.9 Å². The van der Waals surface area contributed by atoms with Crippen LogP contribution < -0.4 is 0 Å². The summed E-state index contributed by atoms with van der Waals surface area (Å²) in [6, 6.07) is 0. The van der Waals surface area contributed by atoms with Gasteiger partial charge in [0.2, 0.25) is 0 Å². The Kier molecular flexibility index (Phi) is 4.45. The molecule has 0 radical (unpaired) electrons. The van der Waals surface area contributed by atoms with E-state index in [1.807, 2.05) is 0 Å². The van der Waals surface area contributed by atoms with Crippen molar-refractivity contribution in [3.8, 4) is 0 Å². The van der Waals surface area contributed by atoms with Crippen LogP contribution in [0, 0.1) is 11.8 Å². The predicted octanol–water partition coefficient (Wildman–Crippen LogP) is 0.660. The minimum absolute atomic E-state index is 0.0848. The van der Waals surface area contributed by atoms with E-state index in [0.29, 0.717) is 19.3 Å². The van der Waals surface area contributed by atoms with Gasteiger partial charge < -0.3 is 19.3 Å². The van der Waals surface area contributed by atoms with Gasteiger partial charge >= 0.3 is 17.9 Å². The Morgan fingerprint density at radius 1 is 1.33 bits per heavy atom. The summed E-state index contributed by atoms with van der Waals surface area (Å²) in [4.78, 5) is 35.4. The minimum atomic E-state index is -0.711. The van der Waals surface area contributed by atoms with Gasteiger partial charge in [0.1, 0.15) is 18.3 Å². The van der Waals surface area contributed by atoms with Crippen molar-refractivity contribution < 1.29 is 33.7 Å². The third-order valence-electron chi connectivity index (χ3n) is 4.82. The van der Waals surface area contributed by atoms with Gasteiger partial charge in [-0.15, -0.1) is 0 Å². The molecule has 0 spiro atoms. The summed E-state index contributed by atoms with van der Waals surface area (Å²) in [5, 5.41) is 9.61. The molecule has 0 aromatic heterocycles. The van der Waals surface area contributed by atoms with Crippen molar-refractivity contribution in [2.24, 2.45) is 11.8 Å². The van der Waals surface area contributed by atoms with E-state index >= 15 is 0 Å². The van der Waals surface area contributed by atoms with Crippen LogP contribution in [0.3, 0.4) is 0 Å². The molecule has 7 heteroatoms. The summed E-state index contributed by atoms with van der Waals surface area (Å²) >= 11 is 0. The fraction of sp³-hybridized carbons (Fsp3) is 0.588. The first-order valence-electron chi connectivity index (χ1n) is 8.01. The highest BCUT2D eigenvalue weighted by atomic mass is 16.6. The maximum absolute atomic E-state index is 12.2. The molecule has 1 N–H and O–H groups in total. The van der Waals surface area contributed by atoms with E-state index in [4.69, 9.17) is 14.2 Å². The first kappa shape index (κ1) is 16.7. The number of esters is 3. The van der Waals surface area contributed by atoms with E-state index in [1.54, 1.807) is 6.08 Å². The van der Waals surface area contributed by atoms with Gasteiger partial charge in [0, 0.05) is 19.1 Å². The van der Waals surface area contributed by atoms with Gasteiger partial charge in [-0.25, -0.2) is 9.59 Å². The van der Waals surface area contributed by atoms with Crippen LogP contribution in [0.2, 0.25) is 0 Å². The lowest BCUT2D eigenvalue weighted by Crippen LogP contribution is -2.31. The lowest BCUT2D eigenvalue weighted by molar-refractivity contribution is -0.147. The van der Waals surface area contributed by atoms with Crippen LogP contribution in [0.15, 0.2) is 23.8 Å². The highest BCUT2D eigenvalue weighted by Crippen LogP contribution is 2.40. The van der Waals surface area contributed by atoms with Crippen molar-refractivity contribution in [1.82, 2.24) is 0 Å². The Morgan fingerprint density at radius 3 is 2.75 bits per heavy atom. The molecule has 1 aliphatic carbocycles. The maximum Gasteiger partial charge on any atom is 0.338 e. The molecule has 130 valence electrons. The highest BCUT2D eigenvalue weighted by Gasteiger charge is 2.48. The molecule has 5 atom stereocenters. The summed E-state index contributed by atoms with van der Waals surface area (Å²) < 4.78 is 16.0. The number of carbonyl (C=O) groups excluding carboxylic acids is 3. The SMILES string of the molecule is C=C1C(=O)O[C@@H]2C[C@@H](CO)CC[C@@H](OC(C)=O)C3=C[C@@H](OC3=O)[C@@H]12. The van der Waals surface area contributed by atoms with E-state index in [1.165, 1.54) is 6.92 Å². The van der Waals surface area contributed by atoms with Gasteiger partial charge in [-0.3, -0.25) is 4.79 Å². The topological polar surface area (TPSA) is 99.1 Å². The second-order valence-corrected chi connectivity index (χ2v) is 6.45. The summed E-state index contributed by atoms with van der Waals surface area (Å²) in [5.74, 6) is -2.17. The number of aliphatic hydroxyl groups is 1. The van der Waals surface area contributed by atoms with Crippen molar-refractivity contribution in [1.29, 1.82) is 0 Å². The molecule has 3 aliphatic rings. The van der Waals surface area contributed by atoms with Crippen molar-refractivity contribution in [2.75, 3.05) is 6.61 Å². The molecular weight excluding hydrogens is 316 g/mol. The van der Waals surface area contributed by atoms with E-state index in [9.17, 15) is 19.5 Å². The summed E-state index contributed by atoms with van der Waals surface area (Å²) in [6.07, 6.45) is 1.10.